The molecule has 0 aromatic carbocycles. The van der Waals surface area contributed by atoms with Gasteiger partial charge in [0.15, 0.2) is 0 Å². The molecule has 0 aliphatic carbocycles. The van der Waals surface area contributed by atoms with Gasteiger partial charge in [0.05, 0.1) is 5.69 Å². The van der Waals surface area contributed by atoms with Gasteiger partial charge in [-0.05, 0) is 23.8 Å². The van der Waals surface area contributed by atoms with Gasteiger partial charge < -0.3 is 10.6 Å². The fourth-order valence-corrected chi connectivity index (χ4v) is 2.44. The molecule has 0 spiro atoms. The van der Waals surface area contributed by atoms with Gasteiger partial charge in [-0.3, -0.25) is 14.8 Å². The van der Waals surface area contributed by atoms with E-state index < -0.39 is 0 Å². The van der Waals surface area contributed by atoms with E-state index in [0.29, 0.717) is 25.2 Å². The number of nitrogens with zero attached hydrogens (tertiary/aromatic N) is 3. The summed E-state index contributed by atoms with van der Waals surface area (Å²) >= 11 is 0. The van der Waals surface area contributed by atoms with Crippen LogP contribution in [0, 0.1) is 0 Å². The van der Waals surface area contributed by atoms with Crippen LogP contribution in [0.15, 0.2) is 36.7 Å². The molecule has 0 unspecified atom stereocenters. The zero-order valence-corrected chi connectivity index (χ0v) is 11.1. The number of hydrogen-bond donors (Lipinski definition) is 1. The second-order valence-electron chi connectivity index (χ2n) is 4.83. The first-order valence-corrected chi connectivity index (χ1v) is 6.65. The number of carbonyl (C=O) groups excluding carboxylic acids is 1. The molecule has 20 heavy (non-hydrogen) atoms. The minimum Gasteiger partial charge on any atom is -0.334 e. The average molecular weight is 268 g/mol. The molecule has 5 nitrogen and oxygen atoms in total. The van der Waals surface area contributed by atoms with Gasteiger partial charge in [0, 0.05) is 49.7 Å². The largest absolute Gasteiger partial charge is 0.334 e. The van der Waals surface area contributed by atoms with Crippen LogP contribution in [0.2, 0.25) is 0 Å². The standard InChI is InChI=1S/C15H16N4O/c16-9-13-8-11(3-6-17-13)15(20)19-7-4-14-12(10-19)2-1-5-18-14/h1-3,5-6,8H,4,7,9-10,16H2. The fourth-order valence-electron chi connectivity index (χ4n) is 2.44. The topological polar surface area (TPSA) is 72.1 Å². The molecule has 0 saturated heterocycles. The van der Waals surface area contributed by atoms with Crippen molar-refractivity contribution in [3.8, 4) is 0 Å². The quantitative estimate of drug-likeness (QED) is 0.886. The number of aromatic nitrogens is 2. The Labute approximate surface area is 117 Å². The molecule has 2 aromatic rings. The molecule has 1 aliphatic heterocycles. The van der Waals surface area contributed by atoms with Crippen molar-refractivity contribution in [1.82, 2.24) is 14.9 Å². The lowest BCUT2D eigenvalue weighted by molar-refractivity contribution is 0.0733. The molecule has 102 valence electrons. The highest BCUT2D eigenvalue weighted by molar-refractivity contribution is 5.94. The Morgan fingerprint density at radius 2 is 2.20 bits per heavy atom. The first-order chi connectivity index (χ1) is 9.78. The van der Waals surface area contributed by atoms with Gasteiger partial charge in [0.25, 0.3) is 5.91 Å². The third-order valence-corrected chi connectivity index (χ3v) is 3.52. The second-order valence-corrected chi connectivity index (χ2v) is 4.83. The lowest BCUT2D eigenvalue weighted by Crippen LogP contribution is -2.36. The number of rotatable bonds is 2. The van der Waals surface area contributed by atoms with Gasteiger partial charge in [-0.2, -0.15) is 0 Å². The minimum atomic E-state index is 0.0246. The number of hydrogen-bond acceptors (Lipinski definition) is 4. The van der Waals surface area contributed by atoms with E-state index in [1.807, 2.05) is 17.0 Å². The van der Waals surface area contributed by atoms with Crippen molar-refractivity contribution in [2.45, 2.75) is 19.5 Å². The Balaban J connectivity index is 1.82. The highest BCUT2D eigenvalue weighted by Gasteiger charge is 2.22. The van der Waals surface area contributed by atoms with E-state index in [-0.39, 0.29) is 5.91 Å². The van der Waals surface area contributed by atoms with E-state index in [4.69, 9.17) is 5.73 Å². The predicted octanol–water partition coefficient (Wildman–Crippen LogP) is 1.13. The summed E-state index contributed by atoms with van der Waals surface area (Å²) in [6.07, 6.45) is 4.23. The molecule has 0 atom stereocenters. The maximum absolute atomic E-state index is 12.5. The summed E-state index contributed by atoms with van der Waals surface area (Å²) < 4.78 is 0. The van der Waals surface area contributed by atoms with Crippen LogP contribution in [0.5, 0.6) is 0 Å². The number of carbonyl (C=O) groups is 1. The predicted molar refractivity (Wildman–Crippen MR) is 74.8 cm³/mol. The van der Waals surface area contributed by atoms with E-state index >= 15 is 0 Å². The summed E-state index contributed by atoms with van der Waals surface area (Å²) in [5.74, 6) is 0.0246. The molecule has 1 amide bonds. The van der Waals surface area contributed by atoms with Gasteiger partial charge in [0.2, 0.25) is 0 Å². The smallest absolute Gasteiger partial charge is 0.254 e. The highest BCUT2D eigenvalue weighted by Crippen LogP contribution is 2.18. The average Bonchev–Trinajstić information content (AvgIpc) is 2.53. The van der Waals surface area contributed by atoms with Crippen LogP contribution >= 0.6 is 0 Å². The van der Waals surface area contributed by atoms with E-state index in [2.05, 4.69) is 9.97 Å². The van der Waals surface area contributed by atoms with Crippen LogP contribution in [0.1, 0.15) is 27.3 Å². The van der Waals surface area contributed by atoms with Gasteiger partial charge in [-0.25, -0.2) is 0 Å². The lowest BCUT2D eigenvalue weighted by atomic mass is 10.0. The van der Waals surface area contributed by atoms with Gasteiger partial charge in [-0.15, -0.1) is 0 Å². The lowest BCUT2D eigenvalue weighted by Gasteiger charge is -2.28. The van der Waals surface area contributed by atoms with Gasteiger partial charge in [-0.1, -0.05) is 6.07 Å². The number of fused-ring (bicyclic) bond motifs is 1. The molecule has 0 saturated carbocycles. The molecule has 2 aromatic heterocycles. The van der Waals surface area contributed by atoms with Crippen LogP contribution in [0.25, 0.3) is 0 Å². The van der Waals surface area contributed by atoms with Crippen molar-refractivity contribution in [2.75, 3.05) is 6.54 Å². The molecular formula is C15H16N4O. The SMILES string of the molecule is NCc1cc(C(=O)N2CCc3ncccc3C2)ccn1. The van der Waals surface area contributed by atoms with Crippen LogP contribution in [0.4, 0.5) is 0 Å². The van der Waals surface area contributed by atoms with Gasteiger partial charge in [0.1, 0.15) is 0 Å². The van der Waals surface area contributed by atoms with E-state index in [0.717, 1.165) is 23.4 Å². The molecule has 3 heterocycles. The van der Waals surface area contributed by atoms with E-state index in [9.17, 15) is 4.79 Å². The van der Waals surface area contributed by atoms with E-state index in [1.54, 1.807) is 24.5 Å². The maximum atomic E-state index is 12.5. The summed E-state index contributed by atoms with van der Waals surface area (Å²) in [6.45, 7) is 1.65. The summed E-state index contributed by atoms with van der Waals surface area (Å²) in [5.41, 5.74) is 9.16. The summed E-state index contributed by atoms with van der Waals surface area (Å²) in [6, 6.07) is 7.44. The summed E-state index contributed by atoms with van der Waals surface area (Å²) in [5, 5.41) is 0. The minimum absolute atomic E-state index is 0.0246. The number of pyridine rings is 2. The Kier molecular flexibility index (Phi) is 3.43. The van der Waals surface area contributed by atoms with Crippen molar-refractivity contribution in [2.24, 2.45) is 5.73 Å². The van der Waals surface area contributed by atoms with Crippen molar-refractivity contribution < 1.29 is 4.79 Å². The Hall–Kier alpha value is -2.27. The number of nitrogens with two attached hydrogens (primary N) is 1. The fraction of sp³-hybridized carbons (Fsp3) is 0.267. The third-order valence-electron chi connectivity index (χ3n) is 3.52. The molecule has 2 N–H and O–H groups in total. The molecule has 0 bridgehead atoms. The van der Waals surface area contributed by atoms with Crippen LogP contribution in [-0.2, 0) is 19.5 Å². The summed E-state index contributed by atoms with van der Waals surface area (Å²) in [7, 11) is 0. The molecule has 1 aliphatic rings. The zero-order valence-electron chi connectivity index (χ0n) is 11.1. The Morgan fingerprint density at radius 1 is 1.30 bits per heavy atom. The monoisotopic (exact) mass is 268 g/mol. The van der Waals surface area contributed by atoms with Crippen molar-refractivity contribution in [3.63, 3.8) is 0 Å². The second kappa shape index (κ2) is 5.38. The van der Waals surface area contributed by atoms with Gasteiger partial charge >= 0.3 is 0 Å². The van der Waals surface area contributed by atoms with Crippen LogP contribution < -0.4 is 5.73 Å². The first-order valence-electron chi connectivity index (χ1n) is 6.65. The molecule has 0 radical (unpaired) electrons. The Bertz CT molecular complexity index is 641. The number of amides is 1. The third kappa shape index (κ3) is 2.40. The molecule has 5 heteroatoms. The molecule has 0 fully saturated rings. The van der Waals surface area contributed by atoms with E-state index in [1.165, 1.54) is 0 Å². The zero-order chi connectivity index (χ0) is 13.9. The van der Waals surface area contributed by atoms with Crippen LogP contribution in [0.3, 0.4) is 0 Å². The van der Waals surface area contributed by atoms with Crippen molar-refractivity contribution >= 4 is 5.91 Å². The first kappa shape index (κ1) is 12.7. The maximum Gasteiger partial charge on any atom is 0.254 e. The molecule has 3 rings (SSSR count). The highest BCUT2D eigenvalue weighted by atomic mass is 16.2. The Morgan fingerprint density at radius 3 is 3.05 bits per heavy atom. The van der Waals surface area contributed by atoms with Crippen molar-refractivity contribution in [3.05, 3.63) is 59.2 Å². The summed E-state index contributed by atoms with van der Waals surface area (Å²) in [4.78, 5) is 22.8. The molecular weight excluding hydrogens is 252 g/mol. The van der Waals surface area contributed by atoms with Crippen LogP contribution in [-0.4, -0.2) is 27.3 Å². The van der Waals surface area contributed by atoms with Crippen molar-refractivity contribution in [1.29, 1.82) is 0 Å². The normalized spacial score (nSPS) is 13.9.